The zero-order chi connectivity index (χ0) is 14.2. The van der Waals surface area contributed by atoms with Crippen molar-refractivity contribution in [2.75, 3.05) is 6.54 Å². The minimum absolute atomic E-state index is 0.220. The molecule has 104 valence electrons. The lowest BCUT2D eigenvalue weighted by atomic mass is 10.0. The minimum Gasteiger partial charge on any atom is -0.466 e. The molecule has 0 bridgehead atoms. The molecule has 0 spiro atoms. The van der Waals surface area contributed by atoms with Crippen molar-refractivity contribution in [2.24, 2.45) is 0 Å². The smallest absolute Gasteiger partial charge is 0.106 e. The summed E-state index contributed by atoms with van der Waals surface area (Å²) in [6.45, 7) is 11.4. The second-order valence-corrected chi connectivity index (χ2v) is 7.25. The van der Waals surface area contributed by atoms with Crippen LogP contribution in [0.1, 0.15) is 46.1 Å². The summed E-state index contributed by atoms with van der Waals surface area (Å²) in [5.74, 6) is 2.03. The third-order valence-corrected chi connectivity index (χ3v) is 5.68. The number of furan rings is 1. The summed E-state index contributed by atoms with van der Waals surface area (Å²) in [6.07, 6.45) is 0. The van der Waals surface area contributed by atoms with E-state index in [9.17, 15) is 0 Å². The maximum atomic E-state index is 5.78. The highest BCUT2D eigenvalue weighted by atomic mass is 79.9. The van der Waals surface area contributed by atoms with E-state index in [1.807, 2.05) is 6.92 Å². The molecule has 2 aromatic rings. The van der Waals surface area contributed by atoms with Crippen LogP contribution in [-0.4, -0.2) is 6.54 Å². The lowest BCUT2D eigenvalue weighted by Gasteiger charge is -2.17. The van der Waals surface area contributed by atoms with Gasteiger partial charge in [-0.15, -0.1) is 11.3 Å². The molecular weight excluding hydrogens is 322 g/mol. The monoisotopic (exact) mass is 341 g/mol. The molecule has 0 amide bonds. The van der Waals surface area contributed by atoms with Crippen molar-refractivity contribution in [3.63, 3.8) is 0 Å². The molecule has 0 radical (unpaired) electrons. The van der Waals surface area contributed by atoms with Gasteiger partial charge in [-0.2, -0.15) is 0 Å². The Kier molecular flexibility index (Phi) is 4.54. The Bertz CT molecular complexity index is 566. The van der Waals surface area contributed by atoms with Crippen LogP contribution in [0.25, 0.3) is 0 Å². The van der Waals surface area contributed by atoms with Crippen LogP contribution in [0, 0.1) is 27.7 Å². The first-order chi connectivity index (χ1) is 8.95. The molecular formula is C15H20BrNOS. The van der Waals surface area contributed by atoms with E-state index >= 15 is 0 Å². The third kappa shape index (κ3) is 2.81. The molecule has 0 saturated heterocycles. The fourth-order valence-electron chi connectivity index (χ4n) is 2.41. The predicted molar refractivity (Wildman–Crippen MR) is 85.2 cm³/mol. The van der Waals surface area contributed by atoms with Gasteiger partial charge in [-0.05, 0) is 67.4 Å². The van der Waals surface area contributed by atoms with Gasteiger partial charge in [-0.1, -0.05) is 6.92 Å². The second kappa shape index (κ2) is 5.81. The molecule has 0 aromatic carbocycles. The number of halogens is 1. The maximum Gasteiger partial charge on any atom is 0.106 e. The van der Waals surface area contributed by atoms with Crippen LogP contribution in [0.3, 0.4) is 0 Å². The van der Waals surface area contributed by atoms with Crippen molar-refractivity contribution in [2.45, 2.75) is 40.7 Å². The lowest BCUT2D eigenvalue weighted by Crippen LogP contribution is -2.22. The van der Waals surface area contributed by atoms with E-state index < -0.39 is 0 Å². The molecule has 2 nitrogen and oxygen atoms in total. The first-order valence-corrected chi connectivity index (χ1v) is 8.12. The van der Waals surface area contributed by atoms with Crippen LogP contribution < -0.4 is 5.32 Å². The van der Waals surface area contributed by atoms with Gasteiger partial charge in [-0.25, -0.2) is 0 Å². The highest BCUT2D eigenvalue weighted by Crippen LogP contribution is 2.37. The zero-order valence-electron chi connectivity index (χ0n) is 12.1. The van der Waals surface area contributed by atoms with Crippen LogP contribution in [0.15, 0.2) is 14.3 Å². The van der Waals surface area contributed by atoms with Gasteiger partial charge in [0.1, 0.15) is 11.5 Å². The summed E-state index contributed by atoms with van der Waals surface area (Å²) in [4.78, 5) is 1.33. The van der Waals surface area contributed by atoms with Gasteiger partial charge in [0.25, 0.3) is 0 Å². The Morgan fingerprint density at radius 2 is 1.95 bits per heavy atom. The topological polar surface area (TPSA) is 25.2 Å². The van der Waals surface area contributed by atoms with E-state index in [0.717, 1.165) is 18.1 Å². The molecule has 2 heterocycles. The van der Waals surface area contributed by atoms with Crippen LogP contribution in [0.2, 0.25) is 0 Å². The number of thiophene rings is 1. The van der Waals surface area contributed by atoms with Crippen molar-refractivity contribution in [1.29, 1.82) is 0 Å². The quantitative estimate of drug-likeness (QED) is 0.842. The highest BCUT2D eigenvalue weighted by molar-refractivity contribution is 9.11. The fourth-order valence-corrected chi connectivity index (χ4v) is 4.07. The summed E-state index contributed by atoms with van der Waals surface area (Å²) in [6, 6.07) is 2.47. The molecule has 19 heavy (non-hydrogen) atoms. The molecule has 2 rings (SSSR count). The van der Waals surface area contributed by atoms with Gasteiger partial charge < -0.3 is 9.73 Å². The summed E-state index contributed by atoms with van der Waals surface area (Å²) in [5, 5.41) is 3.58. The summed E-state index contributed by atoms with van der Waals surface area (Å²) < 4.78 is 6.99. The van der Waals surface area contributed by atoms with E-state index in [1.54, 1.807) is 11.3 Å². The minimum atomic E-state index is 0.220. The Hall–Kier alpha value is -0.580. The molecule has 2 aromatic heterocycles. The number of hydrogen-bond donors (Lipinski definition) is 1. The lowest BCUT2D eigenvalue weighted by molar-refractivity contribution is 0.494. The van der Waals surface area contributed by atoms with Gasteiger partial charge >= 0.3 is 0 Å². The standard InChI is InChI=1S/C15H20BrNOS/c1-6-17-14(12-7-8(2)15(16)19-12)13-9(3)10(4)18-11(13)5/h7,14,17H,6H2,1-5H3. The Morgan fingerprint density at radius 3 is 2.37 bits per heavy atom. The van der Waals surface area contributed by atoms with Gasteiger partial charge in [0, 0.05) is 10.4 Å². The molecule has 4 heteroatoms. The average molecular weight is 342 g/mol. The first kappa shape index (κ1) is 14.8. The Balaban J connectivity index is 2.51. The molecule has 1 unspecified atom stereocenters. The van der Waals surface area contributed by atoms with Gasteiger partial charge in [0.2, 0.25) is 0 Å². The van der Waals surface area contributed by atoms with Gasteiger partial charge in [0.15, 0.2) is 0 Å². The molecule has 1 atom stereocenters. The molecule has 1 N–H and O–H groups in total. The highest BCUT2D eigenvalue weighted by Gasteiger charge is 2.23. The predicted octanol–water partition coefficient (Wildman–Crippen LogP) is 5.04. The molecule has 0 saturated carbocycles. The van der Waals surface area contributed by atoms with Crippen molar-refractivity contribution in [3.8, 4) is 0 Å². The Morgan fingerprint density at radius 1 is 1.26 bits per heavy atom. The van der Waals surface area contributed by atoms with E-state index in [1.165, 1.54) is 25.4 Å². The second-order valence-electron chi connectivity index (χ2n) is 4.85. The molecule has 0 aliphatic carbocycles. The third-order valence-electron chi connectivity index (χ3n) is 3.48. The maximum absolute atomic E-state index is 5.78. The number of nitrogens with one attached hydrogen (secondary N) is 1. The van der Waals surface area contributed by atoms with Crippen molar-refractivity contribution >= 4 is 27.3 Å². The number of rotatable bonds is 4. The van der Waals surface area contributed by atoms with Crippen LogP contribution in [-0.2, 0) is 0 Å². The van der Waals surface area contributed by atoms with E-state index in [0.29, 0.717) is 0 Å². The average Bonchev–Trinajstić information content (AvgIpc) is 2.79. The van der Waals surface area contributed by atoms with Crippen LogP contribution in [0.5, 0.6) is 0 Å². The molecule has 0 aliphatic rings. The fraction of sp³-hybridized carbons (Fsp3) is 0.467. The van der Waals surface area contributed by atoms with Crippen molar-refractivity contribution < 1.29 is 4.42 Å². The van der Waals surface area contributed by atoms with Gasteiger partial charge in [0.05, 0.1) is 9.83 Å². The molecule has 0 aliphatic heterocycles. The number of hydrogen-bond acceptors (Lipinski definition) is 3. The van der Waals surface area contributed by atoms with Crippen LogP contribution >= 0.6 is 27.3 Å². The van der Waals surface area contributed by atoms with E-state index in [4.69, 9.17) is 4.42 Å². The summed E-state index contributed by atoms with van der Waals surface area (Å²) >= 11 is 5.41. The normalized spacial score (nSPS) is 12.9. The first-order valence-electron chi connectivity index (χ1n) is 6.51. The van der Waals surface area contributed by atoms with Crippen molar-refractivity contribution in [3.05, 3.63) is 42.9 Å². The Labute approximate surface area is 127 Å². The summed E-state index contributed by atoms with van der Waals surface area (Å²) in [5.41, 5.74) is 3.83. The van der Waals surface area contributed by atoms with Gasteiger partial charge in [-0.3, -0.25) is 0 Å². The summed E-state index contributed by atoms with van der Waals surface area (Å²) in [7, 11) is 0. The zero-order valence-corrected chi connectivity index (χ0v) is 14.5. The van der Waals surface area contributed by atoms with Crippen molar-refractivity contribution in [1.82, 2.24) is 5.32 Å². The van der Waals surface area contributed by atoms with Crippen LogP contribution in [0.4, 0.5) is 0 Å². The SMILES string of the molecule is CCNC(c1cc(C)c(Br)s1)c1c(C)oc(C)c1C. The van der Waals surface area contributed by atoms with E-state index in [-0.39, 0.29) is 6.04 Å². The largest absolute Gasteiger partial charge is 0.466 e. The number of aryl methyl sites for hydroxylation is 3. The van der Waals surface area contributed by atoms with E-state index in [2.05, 4.69) is 55.0 Å². The molecule has 0 fully saturated rings.